The van der Waals surface area contributed by atoms with Crippen molar-refractivity contribution >= 4 is 16.8 Å². The molecule has 0 saturated carbocycles. The quantitative estimate of drug-likeness (QED) is 0.770. The zero-order chi connectivity index (χ0) is 16.7. The summed E-state index contributed by atoms with van der Waals surface area (Å²) in [7, 11) is 0. The second kappa shape index (κ2) is 8.43. The van der Waals surface area contributed by atoms with E-state index in [0.29, 0.717) is 24.0 Å². The van der Waals surface area contributed by atoms with Gasteiger partial charge in [0.15, 0.2) is 0 Å². The van der Waals surface area contributed by atoms with Crippen molar-refractivity contribution in [1.29, 1.82) is 0 Å². The van der Waals surface area contributed by atoms with E-state index < -0.39 is 0 Å². The van der Waals surface area contributed by atoms with E-state index in [1.165, 1.54) is 10.9 Å². The Balaban J connectivity index is 1.96. The molecule has 0 aliphatic carbocycles. The van der Waals surface area contributed by atoms with Crippen LogP contribution in [0, 0.1) is 0 Å². The smallest absolute Gasteiger partial charge is 0.261 e. The molecule has 2 aromatic rings. The highest BCUT2D eigenvalue weighted by molar-refractivity contribution is 5.77. The molecular weight excluding hydrogens is 292 g/mol. The molecule has 1 unspecified atom stereocenters. The van der Waals surface area contributed by atoms with Crippen LogP contribution in [-0.2, 0) is 11.3 Å². The van der Waals surface area contributed by atoms with Gasteiger partial charge in [0.2, 0.25) is 5.91 Å². The van der Waals surface area contributed by atoms with Gasteiger partial charge in [-0.25, -0.2) is 4.98 Å². The van der Waals surface area contributed by atoms with Crippen LogP contribution in [0.2, 0.25) is 0 Å². The summed E-state index contributed by atoms with van der Waals surface area (Å²) in [6.07, 6.45) is 4.73. The molecule has 2 rings (SSSR count). The Kier molecular flexibility index (Phi) is 6.29. The first-order valence-corrected chi connectivity index (χ1v) is 8.09. The lowest BCUT2D eigenvalue weighted by Gasteiger charge is -2.16. The lowest BCUT2D eigenvalue weighted by molar-refractivity contribution is -0.122. The first-order valence-electron chi connectivity index (χ1n) is 8.09. The molecule has 0 spiro atoms. The van der Waals surface area contributed by atoms with E-state index in [4.69, 9.17) is 5.73 Å². The summed E-state index contributed by atoms with van der Waals surface area (Å²) in [4.78, 5) is 28.6. The van der Waals surface area contributed by atoms with Gasteiger partial charge < -0.3 is 11.1 Å². The summed E-state index contributed by atoms with van der Waals surface area (Å²) in [5, 5.41) is 3.50. The fourth-order valence-corrected chi connectivity index (χ4v) is 2.49. The average molecular weight is 316 g/mol. The van der Waals surface area contributed by atoms with Crippen LogP contribution in [0.25, 0.3) is 10.9 Å². The summed E-state index contributed by atoms with van der Waals surface area (Å²) in [6.45, 7) is 2.85. The van der Waals surface area contributed by atoms with Crippen LogP contribution in [0.1, 0.15) is 32.6 Å². The highest BCUT2D eigenvalue weighted by Crippen LogP contribution is 2.05. The van der Waals surface area contributed by atoms with Crippen molar-refractivity contribution in [2.45, 2.75) is 45.2 Å². The average Bonchev–Trinajstić information content (AvgIpc) is 2.58. The van der Waals surface area contributed by atoms with Crippen LogP contribution in [0.5, 0.6) is 0 Å². The van der Waals surface area contributed by atoms with Crippen LogP contribution in [0.15, 0.2) is 35.4 Å². The maximum atomic E-state index is 12.3. The largest absolute Gasteiger partial charge is 0.352 e. The van der Waals surface area contributed by atoms with Crippen LogP contribution < -0.4 is 16.6 Å². The minimum atomic E-state index is -0.121. The zero-order valence-corrected chi connectivity index (χ0v) is 13.5. The van der Waals surface area contributed by atoms with E-state index in [-0.39, 0.29) is 23.9 Å². The number of fused-ring (bicyclic) bond motifs is 1. The summed E-state index contributed by atoms with van der Waals surface area (Å²) >= 11 is 0. The number of nitrogens with one attached hydrogen (secondary N) is 1. The SMILES string of the molecule is CCCCC(CN)NC(=O)CCn1cnc2ccccc2c1=O. The number of aromatic nitrogens is 2. The molecule has 6 nitrogen and oxygen atoms in total. The lowest BCUT2D eigenvalue weighted by Crippen LogP contribution is -2.40. The predicted octanol–water partition coefficient (Wildman–Crippen LogP) is 1.42. The molecule has 124 valence electrons. The topological polar surface area (TPSA) is 90.0 Å². The van der Waals surface area contributed by atoms with Gasteiger partial charge in [0, 0.05) is 25.6 Å². The molecule has 0 bridgehead atoms. The third-order valence-electron chi connectivity index (χ3n) is 3.87. The molecule has 3 N–H and O–H groups in total. The number of aryl methyl sites for hydroxylation is 1. The number of nitrogens with two attached hydrogens (primary N) is 1. The van der Waals surface area contributed by atoms with Crippen molar-refractivity contribution in [2.75, 3.05) is 6.54 Å². The lowest BCUT2D eigenvalue weighted by atomic mass is 10.1. The fraction of sp³-hybridized carbons (Fsp3) is 0.471. The fourth-order valence-electron chi connectivity index (χ4n) is 2.49. The number of hydrogen-bond acceptors (Lipinski definition) is 4. The number of hydrogen-bond donors (Lipinski definition) is 2. The van der Waals surface area contributed by atoms with Gasteiger partial charge >= 0.3 is 0 Å². The third-order valence-corrected chi connectivity index (χ3v) is 3.87. The van der Waals surface area contributed by atoms with Crippen LogP contribution in [-0.4, -0.2) is 28.0 Å². The van der Waals surface area contributed by atoms with Crippen molar-refractivity contribution in [3.8, 4) is 0 Å². The molecule has 1 aromatic carbocycles. The Morgan fingerprint density at radius 1 is 1.39 bits per heavy atom. The van der Waals surface area contributed by atoms with Crippen LogP contribution >= 0.6 is 0 Å². The molecule has 1 aromatic heterocycles. The molecule has 6 heteroatoms. The molecule has 0 aliphatic heterocycles. The number of nitrogens with zero attached hydrogens (tertiary/aromatic N) is 2. The van der Waals surface area contributed by atoms with E-state index in [1.54, 1.807) is 12.1 Å². The Bertz CT molecular complexity index is 711. The van der Waals surface area contributed by atoms with E-state index in [2.05, 4.69) is 17.2 Å². The van der Waals surface area contributed by atoms with Gasteiger partial charge in [-0.15, -0.1) is 0 Å². The second-order valence-corrected chi connectivity index (χ2v) is 5.65. The molecule has 1 atom stereocenters. The van der Waals surface area contributed by atoms with E-state index >= 15 is 0 Å². The molecule has 1 heterocycles. The van der Waals surface area contributed by atoms with Crippen molar-refractivity contribution < 1.29 is 4.79 Å². The number of benzene rings is 1. The maximum absolute atomic E-state index is 12.3. The molecule has 0 fully saturated rings. The standard InChI is InChI=1S/C17H24N4O2/c1-2-3-6-13(11-18)20-16(22)9-10-21-12-19-15-8-5-4-7-14(15)17(21)23/h4-5,7-8,12-13H,2-3,6,9-11,18H2,1H3,(H,20,22). The highest BCUT2D eigenvalue weighted by atomic mass is 16.2. The summed E-state index contributed by atoms with van der Waals surface area (Å²) in [5.74, 6) is -0.0865. The zero-order valence-electron chi connectivity index (χ0n) is 13.5. The van der Waals surface area contributed by atoms with Gasteiger partial charge in [-0.05, 0) is 18.6 Å². The second-order valence-electron chi connectivity index (χ2n) is 5.65. The van der Waals surface area contributed by atoms with E-state index in [1.807, 2.05) is 12.1 Å². The molecule has 0 aliphatic rings. The first kappa shape index (κ1) is 17.1. The number of rotatable bonds is 8. The maximum Gasteiger partial charge on any atom is 0.261 e. The number of carbonyl (C=O) groups is 1. The van der Waals surface area contributed by atoms with Crippen molar-refractivity contribution in [3.05, 3.63) is 40.9 Å². The summed E-state index contributed by atoms with van der Waals surface area (Å²) in [6, 6.07) is 7.20. The minimum absolute atomic E-state index is 0.00824. The molecule has 23 heavy (non-hydrogen) atoms. The van der Waals surface area contributed by atoms with E-state index in [0.717, 1.165) is 19.3 Å². The molecule has 1 amide bonds. The molecule has 0 saturated heterocycles. The van der Waals surface area contributed by atoms with Crippen molar-refractivity contribution in [3.63, 3.8) is 0 Å². The van der Waals surface area contributed by atoms with Crippen LogP contribution in [0.4, 0.5) is 0 Å². The normalized spacial score (nSPS) is 12.3. The monoisotopic (exact) mass is 316 g/mol. The van der Waals surface area contributed by atoms with Crippen LogP contribution in [0.3, 0.4) is 0 Å². The summed E-state index contributed by atoms with van der Waals surface area (Å²) < 4.78 is 1.48. The Morgan fingerprint density at radius 2 is 2.17 bits per heavy atom. The van der Waals surface area contributed by atoms with Crippen molar-refractivity contribution in [2.24, 2.45) is 5.73 Å². The Morgan fingerprint density at radius 3 is 2.91 bits per heavy atom. The Labute approximate surface area is 135 Å². The van der Waals surface area contributed by atoms with Gasteiger partial charge in [-0.1, -0.05) is 31.9 Å². The number of para-hydroxylation sites is 1. The van der Waals surface area contributed by atoms with Gasteiger partial charge in [-0.3, -0.25) is 14.2 Å². The van der Waals surface area contributed by atoms with E-state index in [9.17, 15) is 9.59 Å². The third kappa shape index (κ3) is 4.63. The van der Waals surface area contributed by atoms with Gasteiger partial charge in [0.25, 0.3) is 5.56 Å². The minimum Gasteiger partial charge on any atom is -0.352 e. The highest BCUT2D eigenvalue weighted by Gasteiger charge is 2.11. The van der Waals surface area contributed by atoms with Gasteiger partial charge in [0.1, 0.15) is 0 Å². The predicted molar refractivity (Wildman–Crippen MR) is 91.1 cm³/mol. The molecule has 0 radical (unpaired) electrons. The van der Waals surface area contributed by atoms with Crippen molar-refractivity contribution in [1.82, 2.24) is 14.9 Å². The van der Waals surface area contributed by atoms with Gasteiger partial charge in [-0.2, -0.15) is 0 Å². The number of carbonyl (C=O) groups excluding carboxylic acids is 1. The summed E-state index contributed by atoms with van der Waals surface area (Å²) in [5.41, 5.74) is 6.22. The number of unbranched alkanes of at least 4 members (excludes halogenated alkanes) is 1. The van der Waals surface area contributed by atoms with Gasteiger partial charge in [0.05, 0.1) is 17.2 Å². The number of amides is 1. The Hall–Kier alpha value is -2.21. The first-order chi connectivity index (χ1) is 11.2. The molecular formula is C17H24N4O2.